The van der Waals surface area contributed by atoms with Crippen LogP contribution in [-0.2, 0) is 36.8 Å². The van der Waals surface area contributed by atoms with E-state index in [1.165, 1.54) is 50.5 Å². The van der Waals surface area contributed by atoms with E-state index in [4.69, 9.17) is 28.9 Å². The summed E-state index contributed by atoms with van der Waals surface area (Å²) in [6.07, 6.45) is 6.15. The largest absolute Gasteiger partial charge is 0.468 e. The minimum absolute atomic E-state index is 0.0244. The van der Waals surface area contributed by atoms with E-state index in [9.17, 15) is 29.1 Å². The third kappa shape index (κ3) is 13.1. The molecule has 5 aliphatic heterocycles. The maximum atomic E-state index is 13.7. The number of aliphatic hydroxyl groups is 1. The second-order valence-electron chi connectivity index (χ2n) is 22.4. The first-order valence-electron chi connectivity index (χ1n) is 26.5. The quantitative estimate of drug-likeness (QED) is 0.132. The van der Waals surface area contributed by atoms with Gasteiger partial charge in [0.2, 0.25) is 23.7 Å². The zero-order valence-electron chi connectivity index (χ0n) is 44.4. The van der Waals surface area contributed by atoms with E-state index in [0.717, 1.165) is 37.3 Å². The molecular weight excluding hydrogens is 965 g/mol. The van der Waals surface area contributed by atoms with Gasteiger partial charge >= 0.3 is 12.1 Å². The number of carbonyl (C=O) groups excluding carboxylic acids is 5. The number of anilines is 4. The van der Waals surface area contributed by atoms with E-state index < -0.39 is 35.7 Å². The first-order valence-corrected chi connectivity index (χ1v) is 26.5. The molecule has 75 heavy (non-hydrogen) atoms. The molecule has 0 radical (unpaired) electrons. The van der Waals surface area contributed by atoms with Gasteiger partial charge in [-0.3, -0.25) is 19.3 Å². The summed E-state index contributed by atoms with van der Waals surface area (Å²) in [5.74, 6) is 4.62. The highest BCUT2D eigenvalue weighted by Gasteiger charge is 2.39. The lowest BCUT2D eigenvalue weighted by Gasteiger charge is -2.40. The van der Waals surface area contributed by atoms with Gasteiger partial charge in [-0.05, 0) is 113 Å². The number of aromatic nitrogens is 4. The second kappa shape index (κ2) is 22.7. The van der Waals surface area contributed by atoms with Crippen LogP contribution in [0.25, 0.3) is 0 Å². The van der Waals surface area contributed by atoms with E-state index in [-0.39, 0.29) is 55.2 Å². The van der Waals surface area contributed by atoms with Gasteiger partial charge in [0.1, 0.15) is 28.7 Å². The summed E-state index contributed by atoms with van der Waals surface area (Å²) in [5.41, 5.74) is 1.55. The van der Waals surface area contributed by atoms with Crippen LogP contribution in [-0.4, -0.2) is 179 Å². The number of carbonyl (C=O) groups is 5. The number of hydrogen-bond donors (Lipinski definition) is 4. The van der Waals surface area contributed by atoms with Crippen LogP contribution in [0.3, 0.4) is 0 Å². The molecule has 0 spiro atoms. The fraction of sp³-hybridized carbons (Fsp3) is 0.642. The molecule has 406 valence electrons. The Morgan fingerprint density at radius 1 is 0.707 bits per heavy atom. The summed E-state index contributed by atoms with van der Waals surface area (Å²) >= 11 is 0. The van der Waals surface area contributed by atoms with Crippen molar-refractivity contribution in [3.63, 3.8) is 0 Å². The molecule has 4 N–H and O–H groups in total. The van der Waals surface area contributed by atoms with E-state index >= 15 is 0 Å². The molecule has 7 heterocycles. The normalized spacial score (nSPS) is 23.4. The van der Waals surface area contributed by atoms with Crippen LogP contribution >= 0.6 is 0 Å². The number of aliphatic hydroxyl groups excluding tert-OH is 1. The van der Waals surface area contributed by atoms with Gasteiger partial charge in [-0.15, -0.1) is 0 Å². The average molecular weight is 1040 g/mol. The molecule has 3 aromatic rings. The van der Waals surface area contributed by atoms with Crippen molar-refractivity contribution in [2.45, 2.75) is 116 Å². The van der Waals surface area contributed by atoms with Crippen molar-refractivity contribution in [2.75, 3.05) is 100 Å². The molecule has 6 fully saturated rings. The van der Waals surface area contributed by atoms with Crippen molar-refractivity contribution < 1.29 is 48.0 Å². The number of nitrogens with one attached hydrogen (secondary N) is 3. The number of nitrogens with zero attached hydrogens (tertiary/aromatic N) is 9. The fourth-order valence-corrected chi connectivity index (χ4v) is 11.5. The third-order valence-corrected chi connectivity index (χ3v) is 15.4. The standard InChI is InChI=1S/C35H49N7O7.C18H25N5O3/c1-21(43)40-18-26(19-40)37-31-13-28(38-33(39-31)41-15-22-6-7-23(10-22)16-41)32(45)36-14-30(44)29-12-24-8-9-27(48-20-47-5)11-25(24)17-42(29)34(46)49-35(2,3)4;1-11(24)22-9-14(10-22)19-16-6-15(17(25)26-2)20-18(21-16)23-7-12-3-4-13(5-12)8-23/h8-9,11,13,22-23,26,29-30,44H,6-7,10,12,14-20H2,1-5H3,(H,36,45)(H,37,38,39);6,12-14H,3-5,7-10H2,1-2H3,(H,19,20,21)/t22?,23?,29-,30+;/m0./s1. The number of methoxy groups -OCH3 is 2. The van der Waals surface area contributed by atoms with Crippen molar-refractivity contribution in [1.82, 2.24) is 40.0 Å². The molecule has 4 saturated heterocycles. The van der Waals surface area contributed by atoms with Crippen molar-refractivity contribution in [3.05, 3.63) is 52.8 Å². The molecule has 4 bridgehead atoms. The third-order valence-electron chi connectivity index (χ3n) is 15.4. The van der Waals surface area contributed by atoms with Crippen LogP contribution in [0.1, 0.15) is 105 Å². The average Bonchev–Trinajstić information content (AvgIpc) is 3.88. The van der Waals surface area contributed by atoms with Crippen molar-refractivity contribution >= 4 is 53.3 Å². The maximum Gasteiger partial charge on any atom is 0.410 e. The van der Waals surface area contributed by atoms with Crippen molar-refractivity contribution in [2.24, 2.45) is 23.7 Å². The molecular formula is C53H74N12O10. The molecule has 22 heteroatoms. The number of benzene rings is 1. The van der Waals surface area contributed by atoms with Crippen LogP contribution in [0, 0.1) is 23.7 Å². The number of piperidine rings is 2. The van der Waals surface area contributed by atoms with Crippen LogP contribution in [0.5, 0.6) is 5.75 Å². The van der Waals surface area contributed by atoms with Crippen LogP contribution < -0.4 is 30.5 Å². The predicted molar refractivity (Wildman–Crippen MR) is 277 cm³/mol. The molecule has 4 unspecified atom stereocenters. The Hall–Kier alpha value is -6.55. The highest BCUT2D eigenvalue weighted by Crippen LogP contribution is 2.39. The van der Waals surface area contributed by atoms with E-state index in [1.54, 1.807) is 63.7 Å². The SMILES string of the molecule is COC(=O)c1cc(NC2CN(C(C)=O)C2)nc(N2CC3CCC(C3)C2)n1.COCOc1ccc2c(c1)CN(C(=O)OC(C)(C)C)[C@H]([C@H](O)CNC(=O)c1cc(NC3CN(C(C)=O)C3)nc(N3CC4CCC(C4)C3)n1)C2. The Labute approximate surface area is 438 Å². The fourth-order valence-electron chi connectivity index (χ4n) is 11.5. The number of fused-ring (bicyclic) bond motifs is 5. The molecule has 2 aromatic heterocycles. The Kier molecular flexibility index (Phi) is 16.2. The van der Waals surface area contributed by atoms with Gasteiger partial charge < -0.3 is 59.6 Å². The lowest BCUT2D eigenvalue weighted by atomic mass is 9.91. The number of esters is 1. The topological polar surface area (TPSA) is 246 Å². The zero-order chi connectivity index (χ0) is 53.1. The predicted octanol–water partition coefficient (Wildman–Crippen LogP) is 3.93. The van der Waals surface area contributed by atoms with Gasteiger partial charge in [-0.1, -0.05) is 6.07 Å². The van der Waals surface area contributed by atoms with Gasteiger partial charge in [0, 0.05) is 98.5 Å². The molecule has 2 saturated carbocycles. The molecule has 22 nitrogen and oxygen atoms in total. The number of rotatable bonds is 14. The minimum atomic E-state index is -1.10. The Morgan fingerprint density at radius 3 is 1.72 bits per heavy atom. The molecule has 10 rings (SSSR count). The lowest BCUT2D eigenvalue weighted by Crippen LogP contribution is -2.56. The summed E-state index contributed by atoms with van der Waals surface area (Å²) < 4.78 is 21.2. The molecule has 7 aliphatic rings. The Morgan fingerprint density at radius 2 is 1.23 bits per heavy atom. The van der Waals surface area contributed by atoms with E-state index in [0.29, 0.717) is 85.6 Å². The number of likely N-dealkylation sites (tertiary alicyclic amines) is 2. The smallest absolute Gasteiger partial charge is 0.410 e. The summed E-state index contributed by atoms with van der Waals surface area (Å²) in [6, 6.07) is 8.38. The number of hydrogen-bond acceptors (Lipinski definition) is 18. The lowest BCUT2D eigenvalue weighted by molar-refractivity contribution is -0.133. The second-order valence-corrected chi connectivity index (χ2v) is 22.4. The highest BCUT2D eigenvalue weighted by atomic mass is 16.7. The first-order chi connectivity index (χ1) is 35.9. The molecule has 2 aliphatic carbocycles. The van der Waals surface area contributed by atoms with Crippen molar-refractivity contribution in [3.8, 4) is 5.75 Å². The van der Waals surface area contributed by atoms with Crippen LogP contribution in [0.2, 0.25) is 0 Å². The summed E-state index contributed by atoms with van der Waals surface area (Å²) in [5, 5.41) is 21.1. The molecule has 4 amide bonds. The van der Waals surface area contributed by atoms with E-state index in [1.807, 2.05) is 18.2 Å². The van der Waals surface area contributed by atoms with Crippen molar-refractivity contribution in [1.29, 1.82) is 0 Å². The summed E-state index contributed by atoms with van der Waals surface area (Å²) in [7, 11) is 2.90. The number of amides is 4. The van der Waals surface area contributed by atoms with Gasteiger partial charge in [0.05, 0.1) is 31.3 Å². The van der Waals surface area contributed by atoms with Crippen LogP contribution in [0.4, 0.5) is 28.3 Å². The Bertz CT molecular complexity index is 2560. The monoisotopic (exact) mass is 1040 g/mol. The van der Waals surface area contributed by atoms with Gasteiger partial charge in [-0.25, -0.2) is 19.6 Å². The number of ether oxygens (including phenoxy) is 4. The minimum Gasteiger partial charge on any atom is -0.468 e. The summed E-state index contributed by atoms with van der Waals surface area (Å²) in [6.45, 7) is 14.7. The van der Waals surface area contributed by atoms with Gasteiger partial charge in [0.25, 0.3) is 5.91 Å². The van der Waals surface area contributed by atoms with Crippen LogP contribution in [0.15, 0.2) is 30.3 Å². The van der Waals surface area contributed by atoms with E-state index in [2.05, 4.69) is 35.7 Å². The summed E-state index contributed by atoms with van der Waals surface area (Å²) in [4.78, 5) is 90.2. The highest BCUT2D eigenvalue weighted by molar-refractivity contribution is 5.93. The Balaban J connectivity index is 0.000000222. The molecule has 1 aromatic carbocycles. The van der Waals surface area contributed by atoms with Gasteiger partial charge in [0.15, 0.2) is 12.5 Å². The van der Waals surface area contributed by atoms with Gasteiger partial charge in [-0.2, -0.15) is 9.97 Å². The zero-order valence-corrected chi connectivity index (χ0v) is 44.4. The first kappa shape index (κ1) is 53.3. The maximum absolute atomic E-state index is 13.7. The molecule has 6 atom stereocenters.